The molecule has 1 fully saturated rings. The molecular weight excluding hydrogens is 511 g/mol. The van der Waals surface area contributed by atoms with Gasteiger partial charge in [0.1, 0.15) is 11.9 Å². The van der Waals surface area contributed by atoms with Crippen molar-refractivity contribution in [3.8, 4) is 11.1 Å². The Morgan fingerprint density at radius 3 is 2.65 bits per heavy atom. The number of anilines is 1. The lowest BCUT2D eigenvalue weighted by atomic mass is 10.0. The van der Waals surface area contributed by atoms with Crippen LogP contribution in [0, 0.1) is 5.82 Å². The molecule has 1 aliphatic rings. The normalized spacial score (nSPS) is 16.1. The zero-order valence-corrected chi connectivity index (χ0v) is 22.2. The van der Waals surface area contributed by atoms with Gasteiger partial charge in [-0.3, -0.25) is 14.9 Å². The van der Waals surface area contributed by atoms with Crippen LogP contribution in [-0.2, 0) is 11.3 Å². The van der Waals surface area contributed by atoms with Crippen LogP contribution in [-0.4, -0.2) is 53.6 Å². The highest BCUT2D eigenvalue weighted by atomic mass is 19.1. The number of fused-ring (bicyclic) bond motifs is 2. The average molecular weight is 541 g/mol. The number of pyridine rings is 1. The van der Waals surface area contributed by atoms with Gasteiger partial charge in [-0.2, -0.15) is 4.98 Å². The number of hydrogen-bond acceptors (Lipinski definition) is 5. The number of likely N-dealkylation sites (tertiary alicyclic amines) is 1. The fourth-order valence-electron chi connectivity index (χ4n) is 5.43. The van der Waals surface area contributed by atoms with Crippen molar-refractivity contribution < 1.29 is 19.1 Å². The van der Waals surface area contributed by atoms with E-state index in [9.17, 15) is 19.1 Å². The molecule has 2 atom stereocenters. The summed E-state index contributed by atoms with van der Waals surface area (Å²) in [5, 5.41) is 17.0. The number of aromatic nitrogens is 4. The van der Waals surface area contributed by atoms with Crippen molar-refractivity contribution in [2.24, 2.45) is 0 Å². The predicted molar refractivity (Wildman–Crippen MR) is 149 cm³/mol. The number of halogens is 1. The third-order valence-corrected chi connectivity index (χ3v) is 7.51. The first-order valence-electron chi connectivity index (χ1n) is 13.4. The summed E-state index contributed by atoms with van der Waals surface area (Å²) >= 11 is 0. The van der Waals surface area contributed by atoms with Gasteiger partial charge in [0.15, 0.2) is 5.65 Å². The Kier molecular flexibility index (Phi) is 6.55. The number of amides is 2. The van der Waals surface area contributed by atoms with Gasteiger partial charge >= 0.3 is 0 Å². The largest absolute Gasteiger partial charge is 0.384 e. The molecule has 40 heavy (non-hydrogen) atoms. The minimum Gasteiger partial charge on any atom is -0.384 e. The standard InChI is InChI=1S/C30H29FN6O3/c1-3-35-17-24(29(40)36-13-4-5-25(36)19-6-9-22(31)10-7-19)23-15-20(8-11-26(23)35)21-12-14-37-27(16-21)32-30(34-37)33-28(39)18(2)38/h6-12,14-18,25,38H,3-5,13H2,1-2H3,(H,33,34,39)/t18-,25-/m0/s1. The second-order valence-corrected chi connectivity index (χ2v) is 10.1. The Hall–Kier alpha value is -4.57. The van der Waals surface area contributed by atoms with Crippen LogP contribution < -0.4 is 5.32 Å². The van der Waals surface area contributed by atoms with Crippen LogP contribution in [0.25, 0.3) is 27.7 Å². The molecule has 5 aromatic rings. The number of carbonyl (C=O) groups is 2. The summed E-state index contributed by atoms with van der Waals surface area (Å²) in [4.78, 5) is 32.1. The SMILES string of the molecule is CCn1cc(C(=O)N2CCC[C@H]2c2ccc(F)cc2)c2cc(-c3ccn4nc(NC(=O)[C@H](C)O)nc4c3)ccc21. The average Bonchev–Trinajstić information content (AvgIpc) is 3.69. The lowest BCUT2D eigenvalue weighted by molar-refractivity contribution is -0.123. The number of nitrogens with zero attached hydrogens (tertiary/aromatic N) is 5. The van der Waals surface area contributed by atoms with Crippen molar-refractivity contribution in [3.63, 3.8) is 0 Å². The zero-order chi connectivity index (χ0) is 28.0. The molecule has 4 heterocycles. The highest BCUT2D eigenvalue weighted by molar-refractivity contribution is 6.08. The van der Waals surface area contributed by atoms with Crippen LogP contribution >= 0.6 is 0 Å². The summed E-state index contributed by atoms with van der Waals surface area (Å²) in [6.45, 7) is 4.79. The first kappa shape index (κ1) is 25.7. The van der Waals surface area contributed by atoms with Crippen LogP contribution in [0.15, 0.2) is 67.0 Å². The molecule has 2 aromatic carbocycles. The van der Waals surface area contributed by atoms with Crippen molar-refractivity contribution in [1.82, 2.24) is 24.1 Å². The van der Waals surface area contributed by atoms with Crippen LogP contribution in [0.5, 0.6) is 0 Å². The molecule has 204 valence electrons. The smallest absolute Gasteiger partial charge is 0.256 e. The fraction of sp³-hybridized carbons (Fsp3) is 0.267. The number of hydrogen-bond donors (Lipinski definition) is 2. The third kappa shape index (κ3) is 4.60. The molecule has 0 bridgehead atoms. The summed E-state index contributed by atoms with van der Waals surface area (Å²) in [6, 6.07) is 16.1. The first-order chi connectivity index (χ1) is 19.3. The molecule has 1 saturated heterocycles. The maximum absolute atomic E-state index is 14.0. The molecule has 2 amide bonds. The Morgan fingerprint density at radius 2 is 1.90 bits per heavy atom. The summed E-state index contributed by atoms with van der Waals surface area (Å²) in [5.41, 5.74) is 4.87. The lowest BCUT2D eigenvalue weighted by Gasteiger charge is -2.25. The summed E-state index contributed by atoms with van der Waals surface area (Å²) in [5.74, 6) is -0.803. The lowest BCUT2D eigenvalue weighted by Crippen LogP contribution is -2.30. The van der Waals surface area contributed by atoms with E-state index in [-0.39, 0.29) is 23.7 Å². The van der Waals surface area contributed by atoms with Gasteiger partial charge in [0.25, 0.3) is 11.8 Å². The van der Waals surface area contributed by atoms with Crippen LogP contribution in [0.3, 0.4) is 0 Å². The monoisotopic (exact) mass is 540 g/mol. The van der Waals surface area contributed by atoms with Gasteiger partial charge in [-0.1, -0.05) is 18.2 Å². The van der Waals surface area contributed by atoms with E-state index in [1.807, 2.05) is 48.4 Å². The third-order valence-electron chi connectivity index (χ3n) is 7.51. The molecule has 0 spiro atoms. The maximum atomic E-state index is 14.0. The van der Waals surface area contributed by atoms with E-state index in [1.54, 1.807) is 22.8 Å². The van der Waals surface area contributed by atoms with Gasteiger partial charge in [0.2, 0.25) is 5.95 Å². The van der Waals surface area contributed by atoms with E-state index in [0.717, 1.165) is 47.0 Å². The van der Waals surface area contributed by atoms with Crippen LogP contribution in [0.1, 0.15) is 48.7 Å². The predicted octanol–water partition coefficient (Wildman–Crippen LogP) is 4.81. The molecule has 9 nitrogen and oxygen atoms in total. The second-order valence-electron chi connectivity index (χ2n) is 10.1. The first-order valence-corrected chi connectivity index (χ1v) is 13.4. The molecule has 0 unspecified atom stereocenters. The summed E-state index contributed by atoms with van der Waals surface area (Å²) in [7, 11) is 0. The number of aliphatic hydroxyl groups excluding tert-OH is 1. The topological polar surface area (TPSA) is 105 Å². The molecule has 0 radical (unpaired) electrons. The molecule has 6 rings (SSSR count). The van der Waals surface area contributed by atoms with Crippen molar-refractivity contribution in [2.75, 3.05) is 11.9 Å². The molecule has 10 heteroatoms. The Morgan fingerprint density at radius 1 is 1.12 bits per heavy atom. The van der Waals surface area contributed by atoms with Gasteiger partial charge in [-0.25, -0.2) is 8.91 Å². The quantitative estimate of drug-likeness (QED) is 0.322. The fourth-order valence-corrected chi connectivity index (χ4v) is 5.43. The molecule has 0 aliphatic carbocycles. The van der Waals surface area contributed by atoms with E-state index in [2.05, 4.69) is 20.0 Å². The zero-order valence-electron chi connectivity index (χ0n) is 22.2. The number of aliphatic hydroxyl groups is 1. The van der Waals surface area contributed by atoms with Crippen molar-refractivity contribution in [1.29, 1.82) is 0 Å². The van der Waals surface area contributed by atoms with Crippen molar-refractivity contribution >= 4 is 34.3 Å². The molecular formula is C30H29FN6O3. The Balaban J connectivity index is 1.36. The molecule has 2 N–H and O–H groups in total. The summed E-state index contributed by atoms with van der Waals surface area (Å²) in [6.07, 6.45) is 4.24. The van der Waals surface area contributed by atoms with E-state index >= 15 is 0 Å². The van der Waals surface area contributed by atoms with Gasteiger partial charge in [0.05, 0.1) is 11.6 Å². The number of nitrogens with one attached hydrogen (secondary N) is 1. The minimum atomic E-state index is -1.17. The van der Waals surface area contributed by atoms with E-state index in [0.29, 0.717) is 17.8 Å². The second kappa shape index (κ2) is 10.2. The maximum Gasteiger partial charge on any atom is 0.256 e. The number of aryl methyl sites for hydroxylation is 1. The number of rotatable bonds is 6. The van der Waals surface area contributed by atoms with Gasteiger partial charge < -0.3 is 14.6 Å². The Bertz CT molecular complexity index is 1740. The Labute approximate surface area is 229 Å². The van der Waals surface area contributed by atoms with E-state index in [1.165, 1.54) is 19.1 Å². The van der Waals surface area contributed by atoms with Crippen LogP contribution in [0.2, 0.25) is 0 Å². The van der Waals surface area contributed by atoms with Gasteiger partial charge in [-0.15, -0.1) is 5.10 Å². The van der Waals surface area contributed by atoms with E-state index < -0.39 is 12.0 Å². The molecule has 0 saturated carbocycles. The van der Waals surface area contributed by atoms with Gasteiger partial charge in [0, 0.05) is 36.4 Å². The highest BCUT2D eigenvalue weighted by Crippen LogP contribution is 2.36. The van der Waals surface area contributed by atoms with Crippen molar-refractivity contribution in [2.45, 2.75) is 45.4 Å². The minimum absolute atomic E-state index is 0.0346. The van der Waals surface area contributed by atoms with E-state index in [4.69, 9.17) is 0 Å². The summed E-state index contributed by atoms with van der Waals surface area (Å²) < 4.78 is 17.2. The molecule has 3 aromatic heterocycles. The van der Waals surface area contributed by atoms with Gasteiger partial charge in [-0.05, 0) is 79.8 Å². The van der Waals surface area contributed by atoms with Crippen molar-refractivity contribution in [3.05, 3.63) is 83.9 Å². The number of carbonyl (C=O) groups excluding carboxylic acids is 2. The number of benzene rings is 2. The van der Waals surface area contributed by atoms with Crippen LogP contribution in [0.4, 0.5) is 10.3 Å². The molecule has 1 aliphatic heterocycles. The highest BCUT2D eigenvalue weighted by Gasteiger charge is 2.32.